The standard InChI is InChI=1S/C9H14ClN3S/c1-6-8(11)2-3-13(6)4-7-5-14-9(10)12-7/h5-6,8H,2-4,11H2,1H3. The Bertz CT molecular complexity index is 315. The van der Waals surface area contributed by atoms with E-state index in [1.165, 1.54) is 11.3 Å². The van der Waals surface area contributed by atoms with Gasteiger partial charge >= 0.3 is 0 Å². The van der Waals surface area contributed by atoms with Crippen molar-refractivity contribution in [1.82, 2.24) is 9.88 Å². The Balaban J connectivity index is 1.98. The molecule has 1 aliphatic rings. The SMILES string of the molecule is CC1C(N)CCN1Cc1csc(Cl)n1. The summed E-state index contributed by atoms with van der Waals surface area (Å²) in [6.07, 6.45) is 1.08. The second-order valence-electron chi connectivity index (χ2n) is 3.76. The first-order valence-corrected chi connectivity index (χ1v) is 6.02. The van der Waals surface area contributed by atoms with Crippen LogP contribution in [0.25, 0.3) is 0 Å². The molecule has 5 heteroatoms. The van der Waals surface area contributed by atoms with Gasteiger partial charge in [-0.3, -0.25) is 4.90 Å². The largest absolute Gasteiger partial charge is 0.326 e. The lowest BCUT2D eigenvalue weighted by Gasteiger charge is -2.21. The highest BCUT2D eigenvalue weighted by molar-refractivity contribution is 7.13. The maximum Gasteiger partial charge on any atom is 0.183 e. The van der Waals surface area contributed by atoms with Crippen LogP contribution in [0.3, 0.4) is 0 Å². The van der Waals surface area contributed by atoms with Crippen LogP contribution >= 0.6 is 22.9 Å². The number of hydrogen-bond acceptors (Lipinski definition) is 4. The van der Waals surface area contributed by atoms with Gasteiger partial charge in [-0.25, -0.2) is 4.98 Å². The van der Waals surface area contributed by atoms with Crippen LogP contribution in [0.4, 0.5) is 0 Å². The number of hydrogen-bond donors (Lipinski definition) is 1. The van der Waals surface area contributed by atoms with Crippen LogP contribution in [-0.4, -0.2) is 28.5 Å². The van der Waals surface area contributed by atoms with Crippen molar-refractivity contribution in [2.45, 2.75) is 32.0 Å². The fraction of sp³-hybridized carbons (Fsp3) is 0.667. The lowest BCUT2D eigenvalue weighted by atomic mass is 10.2. The Morgan fingerprint density at radius 2 is 2.57 bits per heavy atom. The highest BCUT2D eigenvalue weighted by Gasteiger charge is 2.27. The number of nitrogens with zero attached hydrogens (tertiary/aromatic N) is 2. The highest BCUT2D eigenvalue weighted by atomic mass is 35.5. The minimum Gasteiger partial charge on any atom is -0.326 e. The fourth-order valence-corrected chi connectivity index (χ4v) is 2.59. The predicted molar refractivity (Wildman–Crippen MR) is 59.6 cm³/mol. The average molecular weight is 232 g/mol. The molecule has 1 aromatic rings. The zero-order valence-corrected chi connectivity index (χ0v) is 9.68. The maximum atomic E-state index is 5.94. The fourth-order valence-electron chi connectivity index (χ4n) is 1.82. The second-order valence-corrected chi connectivity index (χ2v) is 5.20. The molecular weight excluding hydrogens is 218 g/mol. The number of rotatable bonds is 2. The van der Waals surface area contributed by atoms with Crippen molar-refractivity contribution >= 4 is 22.9 Å². The summed E-state index contributed by atoms with van der Waals surface area (Å²) in [7, 11) is 0. The second kappa shape index (κ2) is 4.14. The third-order valence-electron chi connectivity index (χ3n) is 2.83. The molecule has 0 saturated carbocycles. The summed E-state index contributed by atoms with van der Waals surface area (Å²) in [4.78, 5) is 6.59. The molecule has 2 rings (SSSR count). The Morgan fingerprint density at radius 1 is 1.79 bits per heavy atom. The molecule has 2 heterocycles. The Labute approximate surface area is 92.9 Å². The first-order valence-electron chi connectivity index (χ1n) is 4.76. The van der Waals surface area contributed by atoms with Crippen molar-refractivity contribution in [1.29, 1.82) is 0 Å². The minimum atomic E-state index is 0.309. The van der Waals surface area contributed by atoms with Gasteiger partial charge in [0.15, 0.2) is 4.47 Å². The van der Waals surface area contributed by atoms with Gasteiger partial charge in [-0.2, -0.15) is 0 Å². The lowest BCUT2D eigenvalue weighted by molar-refractivity contribution is 0.249. The lowest BCUT2D eigenvalue weighted by Crippen LogP contribution is -2.36. The number of aromatic nitrogens is 1. The first-order chi connectivity index (χ1) is 6.66. The molecule has 0 aliphatic carbocycles. The molecule has 0 aromatic carbocycles. The molecule has 1 saturated heterocycles. The van der Waals surface area contributed by atoms with Gasteiger partial charge in [0.25, 0.3) is 0 Å². The summed E-state index contributed by atoms with van der Waals surface area (Å²) >= 11 is 7.26. The summed E-state index contributed by atoms with van der Waals surface area (Å²) in [6, 6.07) is 0.764. The molecule has 3 nitrogen and oxygen atoms in total. The van der Waals surface area contributed by atoms with E-state index >= 15 is 0 Å². The average Bonchev–Trinajstić information content (AvgIpc) is 2.67. The molecule has 0 radical (unpaired) electrons. The zero-order valence-electron chi connectivity index (χ0n) is 8.11. The van der Waals surface area contributed by atoms with Gasteiger partial charge < -0.3 is 5.73 Å². The molecule has 0 spiro atoms. The minimum absolute atomic E-state index is 0.309. The van der Waals surface area contributed by atoms with E-state index in [0.717, 1.165) is 25.2 Å². The zero-order chi connectivity index (χ0) is 10.1. The van der Waals surface area contributed by atoms with Crippen LogP contribution in [-0.2, 0) is 6.54 Å². The van der Waals surface area contributed by atoms with Crippen LogP contribution < -0.4 is 5.73 Å². The van der Waals surface area contributed by atoms with Gasteiger partial charge in [0.05, 0.1) is 5.69 Å². The predicted octanol–water partition coefficient (Wildman–Crippen LogP) is 1.72. The van der Waals surface area contributed by atoms with E-state index in [1.54, 1.807) is 0 Å². The van der Waals surface area contributed by atoms with E-state index in [-0.39, 0.29) is 0 Å². The molecule has 0 amide bonds. The van der Waals surface area contributed by atoms with Crippen LogP contribution in [0, 0.1) is 0 Å². The molecule has 0 bridgehead atoms. The Kier molecular flexibility index (Phi) is 3.07. The molecule has 1 fully saturated rings. The third-order valence-corrected chi connectivity index (χ3v) is 3.86. The summed E-state index contributed by atoms with van der Waals surface area (Å²) in [5, 5.41) is 2.01. The number of thiazole rings is 1. The third kappa shape index (κ3) is 2.08. The van der Waals surface area contributed by atoms with Crippen molar-refractivity contribution in [3.05, 3.63) is 15.5 Å². The van der Waals surface area contributed by atoms with E-state index < -0.39 is 0 Å². The van der Waals surface area contributed by atoms with Gasteiger partial charge in [0, 0.05) is 30.6 Å². The normalized spacial score (nSPS) is 28.5. The number of likely N-dealkylation sites (tertiary alicyclic amines) is 1. The van der Waals surface area contributed by atoms with Gasteiger partial charge in [0.2, 0.25) is 0 Å². The van der Waals surface area contributed by atoms with Crippen LogP contribution in [0.1, 0.15) is 19.0 Å². The van der Waals surface area contributed by atoms with E-state index in [9.17, 15) is 0 Å². The highest BCUT2D eigenvalue weighted by Crippen LogP contribution is 2.21. The summed E-state index contributed by atoms with van der Waals surface area (Å²) in [6.45, 7) is 4.11. The van der Waals surface area contributed by atoms with Crippen LogP contribution in [0.5, 0.6) is 0 Å². The number of nitrogens with two attached hydrogens (primary N) is 1. The smallest absolute Gasteiger partial charge is 0.183 e. The summed E-state index contributed by atoms with van der Waals surface area (Å²) in [5.74, 6) is 0. The number of halogens is 1. The summed E-state index contributed by atoms with van der Waals surface area (Å²) in [5.41, 5.74) is 7.00. The van der Waals surface area contributed by atoms with Crippen LogP contribution in [0.2, 0.25) is 4.47 Å². The molecule has 1 aromatic heterocycles. The van der Waals surface area contributed by atoms with E-state index in [4.69, 9.17) is 17.3 Å². The van der Waals surface area contributed by atoms with Crippen molar-refractivity contribution < 1.29 is 0 Å². The molecule has 2 atom stereocenters. The molecule has 1 aliphatic heterocycles. The van der Waals surface area contributed by atoms with Crippen molar-refractivity contribution in [2.75, 3.05) is 6.54 Å². The quantitative estimate of drug-likeness (QED) is 0.843. The maximum absolute atomic E-state index is 5.94. The van der Waals surface area contributed by atoms with E-state index in [2.05, 4.69) is 16.8 Å². The van der Waals surface area contributed by atoms with E-state index in [0.29, 0.717) is 16.6 Å². The van der Waals surface area contributed by atoms with Crippen LogP contribution in [0.15, 0.2) is 5.38 Å². The van der Waals surface area contributed by atoms with Gasteiger partial charge in [-0.1, -0.05) is 11.6 Å². The van der Waals surface area contributed by atoms with Gasteiger partial charge in [0.1, 0.15) is 0 Å². The van der Waals surface area contributed by atoms with E-state index in [1.807, 2.05) is 5.38 Å². The molecule has 78 valence electrons. The Hall–Kier alpha value is -0.160. The molecule has 2 N–H and O–H groups in total. The first kappa shape index (κ1) is 10.4. The van der Waals surface area contributed by atoms with Crippen molar-refractivity contribution in [3.63, 3.8) is 0 Å². The molecule has 14 heavy (non-hydrogen) atoms. The van der Waals surface area contributed by atoms with Crippen molar-refractivity contribution in [3.8, 4) is 0 Å². The Morgan fingerprint density at radius 3 is 3.07 bits per heavy atom. The van der Waals surface area contributed by atoms with Gasteiger partial charge in [-0.15, -0.1) is 11.3 Å². The summed E-state index contributed by atoms with van der Waals surface area (Å²) < 4.78 is 0.621. The topological polar surface area (TPSA) is 42.1 Å². The molecule has 2 unspecified atom stereocenters. The van der Waals surface area contributed by atoms with Gasteiger partial charge in [-0.05, 0) is 13.3 Å². The molecular formula is C9H14ClN3S. The van der Waals surface area contributed by atoms with Crippen molar-refractivity contribution in [2.24, 2.45) is 5.73 Å². The monoisotopic (exact) mass is 231 g/mol.